The molecule has 1 aliphatic heterocycles. The Bertz CT molecular complexity index is 703. The molecule has 0 radical (unpaired) electrons. The van der Waals surface area contributed by atoms with Gasteiger partial charge in [0.15, 0.2) is 11.6 Å². The first-order valence-corrected chi connectivity index (χ1v) is 8.70. The van der Waals surface area contributed by atoms with E-state index in [1.165, 1.54) is 11.0 Å². The average molecular weight is 368 g/mol. The van der Waals surface area contributed by atoms with E-state index in [9.17, 15) is 18.4 Å². The van der Waals surface area contributed by atoms with Crippen molar-refractivity contribution in [3.63, 3.8) is 0 Å². The van der Waals surface area contributed by atoms with Crippen LogP contribution in [0.4, 0.5) is 13.6 Å². The number of hydrogen-bond donors (Lipinski definition) is 1. The Morgan fingerprint density at radius 2 is 1.92 bits per heavy atom. The lowest BCUT2D eigenvalue weighted by Gasteiger charge is -2.35. The van der Waals surface area contributed by atoms with Crippen LogP contribution >= 0.6 is 0 Å². The van der Waals surface area contributed by atoms with Gasteiger partial charge in [0.1, 0.15) is 11.1 Å². The summed E-state index contributed by atoms with van der Waals surface area (Å²) in [5, 5.41) is 2.80. The molecule has 2 atom stereocenters. The van der Waals surface area contributed by atoms with E-state index in [1.54, 1.807) is 34.6 Å². The molecule has 5 nitrogen and oxygen atoms in total. The van der Waals surface area contributed by atoms with E-state index in [4.69, 9.17) is 4.74 Å². The van der Waals surface area contributed by atoms with Crippen molar-refractivity contribution < 1.29 is 23.1 Å². The fourth-order valence-corrected chi connectivity index (χ4v) is 3.03. The summed E-state index contributed by atoms with van der Waals surface area (Å²) in [5.74, 6) is -2.25. The van der Waals surface area contributed by atoms with Crippen molar-refractivity contribution in [2.45, 2.75) is 64.6 Å². The molecule has 1 saturated heterocycles. The maximum Gasteiger partial charge on any atom is 0.411 e. The average Bonchev–Trinajstić information content (AvgIpc) is 2.91. The van der Waals surface area contributed by atoms with Gasteiger partial charge in [-0.2, -0.15) is 0 Å². The Labute approximate surface area is 152 Å². The van der Waals surface area contributed by atoms with Gasteiger partial charge in [0.2, 0.25) is 5.91 Å². The number of likely N-dealkylation sites (tertiary alicyclic amines) is 1. The summed E-state index contributed by atoms with van der Waals surface area (Å²) in [6.45, 7) is 9.10. The zero-order valence-electron chi connectivity index (χ0n) is 15.9. The Balaban J connectivity index is 2.13. The van der Waals surface area contributed by atoms with Crippen LogP contribution in [0.25, 0.3) is 0 Å². The SMILES string of the molecule is CC(NC(=O)C1(C)CCCN1C(=O)OC(C)(C)C)c1ccc(F)c(F)c1. The molecule has 2 rings (SSSR count). The minimum atomic E-state index is -1.05. The molecular weight excluding hydrogens is 342 g/mol. The van der Waals surface area contributed by atoms with Crippen LogP contribution in [0.3, 0.4) is 0 Å². The highest BCUT2D eigenvalue weighted by atomic mass is 19.2. The van der Waals surface area contributed by atoms with Gasteiger partial charge in [0, 0.05) is 6.54 Å². The van der Waals surface area contributed by atoms with Gasteiger partial charge in [0.25, 0.3) is 0 Å². The van der Waals surface area contributed by atoms with Crippen molar-refractivity contribution in [3.05, 3.63) is 35.4 Å². The molecule has 26 heavy (non-hydrogen) atoms. The van der Waals surface area contributed by atoms with Crippen molar-refractivity contribution in [1.82, 2.24) is 10.2 Å². The van der Waals surface area contributed by atoms with Gasteiger partial charge in [-0.25, -0.2) is 13.6 Å². The van der Waals surface area contributed by atoms with Crippen LogP contribution in [0.1, 0.15) is 59.1 Å². The van der Waals surface area contributed by atoms with Crippen molar-refractivity contribution in [2.24, 2.45) is 0 Å². The Morgan fingerprint density at radius 1 is 1.27 bits per heavy atom. The van der Waals surface area contributed by atoms with Gasteiger partial charge in [0.05, 0.1) is 6.04 Å². The van der Waals surface area contributed by atoms with Crippen LogP contribution in [-0.2, 0) is 9.53 Å². The van der Waals surface area contributed by atoms with E-state index >= 15 is 0 Å². The van der Waals surface area contributed by atoms with Gasteiger partial charge in [-0.15, -0.1) is 0 Å². The summed E-state index contributed by atoms with van der Waals surface area (Å²) in [6, 6.07) is 2.97. The van der Waals surface area contributed by atoms with Gasteiger partial charge >= 0.3 is 6.09 Å². The monoisotopic (exact) mass is 368 g/mol. The van der Waals surface area contributed by atoms with E-state index < -0.39 is 34.9 Å². The molecule has 0 saturated carbocycles. The molecule has 0 aromatic heterocycles. The molecule has 1 fully saturated rings. The maximum absolute atomic E-state index is 13.4. The summed E-state index contributed by atoms with van der Waals surface area (Å²) in [4.78, 5) is 26.7. The molecule has 0 aliphatic carbocycles. The molecule has 144 valence electrons. The lowest BCUT2D eigenvalue weighted by molar-refractivity contribution is -0.131. The molecule has 1 aromatic rings. The summed E-state index contributed by atoms with van der Waals surface area (Å²) >= 11 is 0. The highest BCUT2D eigenvalue weighted by molar-refractivity contribution is 5.90. The second kappa shape index (κ2) is 7.21. The number of benzene rings is 1. The van der Waals surface area contributed by atoms with Gasteiger partial charge in [-0.05, 0) is 65.2 Å². The molecule has 1 aliphatic rings. The minimum Gasteiger partial charge on any atom is -0.444 e. The molecule has 1 heterocycles. The van der Waals surface area contributed by atoms with E-state index in [0.29, 0.717) is 24.9 Å². The quantitative estimate of drug-likeness (QED) is 0.879. The predicted molar refractivity (Wildman–Crippen MR) is 93.5 cm³/mol. The Hall–Kier alpha value is -2.18. The first-order chi connectivity index (χ1) is 11.9. The molecule has 0 spiro atoms. The van der Waals surface area contributed by atoms with Crippen molar-refractivity contribution in [1.29, 1.82) is 0 Å². The minimum absolute atomic E-state index is 0.349. The van der Waals surface area contributed by atoms with Gasteiger partial charge < -0.3 is 10.1 Å². The smallest absolute Gasteiger partial charge is 0.411 e. The third kappa shape index (κ3) is 4.31. The predicted octanol–water partition coefficient (Wildman–Crippen LogP) is 3.93. The zero-order valence-corrected chi connectivity index (χ0v) is 15.9. The lowest BCUT2D eigenvalue weighted by Crippen LogP contribution is -2.56. The number of carbonyl (C=O) groups is 2. The van der Waals surface area contributed by atoms with Gasteiger partial charge in [-0.3, -0.25) is 9.69 Å². The number of ether oxygens (including phenoxy) is 1. The van der Waals surface area contributed by atoms with E-state index in [-0.39, 0.29) is 5.91 Å². The van der Waals surface area contributed by atoms with E-state index in [1.807, 2.05) is 0 Å². The van der Waals surface area contributed by atoms with Crippen molar-refractivity contribution in [3.8, 4) is 0 Å². The highest BCUT2D eigenvalue weighted by Gasteiger charge is 2.47. The highest BCUT2D eigenvalue weighted by Crippen LogP contribution is 2.31. The van der Waals surface area contributed by atoms with Crippen LogP contribution < -0.4 is 5.32 Å². The first-order valence-electron chi connectivity index (χ1n) is 8.70. The number of halogens is 2. The van der Waals surface area contributed by atoms with E-state index in [2.05, 4.69) is 5.32 Å². The molecular formula is C19H26F2N2O3. The first kappa shape index (κ1) is 20.1. The van der Waals surface area contributed by atoms with Crippen molar-refractivity contribution in [2.75, 3.05) is 6.54 Å². The number of rotatable bonds is 3. The normalized spacial score (nSPS) is 21.4. The molecule has 7 heteroatoms. The van der Waals surface area contributed by atoms with Crippen molar-refractivity contribution >= 4 is 12.0 Å². The zero-order chi connectivity index (χ0) is 19.7. The fraction of sp³-hybridized carbons (Fsp3) is 0.579. The molecule has 2 amide bonds. The number of hydrogen-bond acceptors (Lipinski definition) is 3. The lowest BCUT2D eigenvalue weighted by atomic mass is 9.96. The standard InChI is InChI=1S/C19H26F2N2O3/c1-12(13-7-8-14(20)15(21)11-13)22-16(24)19(5)9-6-10-23(19)17(25)26-18(2,3)4/h7-8,11-12H,6,9-10H2,1-5H3,(H,22,24). The topological polar surface area (TPSA) is 58.6 Å². The van der Waals surface area contributed by atoms with Crippen LogP contribution in [-0.4, -0.2) is 34.6 Å². The molecule has 1 aromatic carbocycles. The van der Waals surface area contributed by atoms with Gasteiger partial charge in [-0.1, -0.05) is 6.07 Å². The molecule has 0 bridgehead atoms. The number of amides is 2. The number of nitrogens with one attached hydrogen (secondary N) is 1. The molecule has 2 unspecified atom stereocenters. The number of nitrogens with zero attached hydrogens (tertiary/aromatic N) is 1. The summed E-state index contributed by atoms with van der Waals surface area (Å²) in [7, 11) is 0. The largest absolute Gasteiger partial charge is 0.444 e. The van der Waals surface area contributed by atoms with Crippen LogP contribution in [0, 0.1) is 11.6 Å². The Kier molecular flexibility index (Phi) is 5.58. The van der Waals surface area contributed by atoms with Crippen LogP contribution in [0.5, 0.6) is 0 Å². The van der Waals surface area contributed by atoms with E-state index in [0.717, 1.165) is 12.1 Å². The van der Waals surface area contributed by atoms with Crippen LogP contribution in [0.15, 0.2) is 18.2 Å². The Morgan fingerprint density at radius 3 is 2.50 bits per heavy atom. The summed E-state index contributed by atoms with van der Waals surface area (Å²) < 4.78 is 31.9. The summed E-state index contributed by atoms with van der Waals surface area (Å²) in [6.07, 6.45) is 0.652. The summed E-state index contributed by atoms with van der Waals surface area (Å²) in [5.41, 5.74) is -1.26. The second-order valence-electron chi connectivity index (χ2n) is 7.88. The fourth-order valence-electron chi connectivity index (χ4n) is 3.03. The third-order valence-corrected chi connectivity index (χ3v) is 4.54. The maximum atomic E-state index is 13.4. The van der Waals surface area contributed by atoms with Crippen LogP contribution in [0.2, 0.25) is 0 Å². The molecule has 1 N–H and O–H groups in total. The second-order valence-corrected chi connectivity index (χ2v) is 7.88. The third-order valence-electron chi connectivity index (χ3n) is 4.54. The number of carbonyl (C=O) groups excluding carboxylic acids is 2.